The highest BCUT2D eigenvalue weighted by atomic mass is 32.2. The minimum absolute atomic E-state index is 0.0189. The minimum Gasteiger partial charge on any atom is -0.387 e. The van der Waals surface area contributed by atoms with E-state index in [1.807, 2.05) is 4.90 Å². The summed E-state index contributed by atoms with van der Waals surface area (Å²) in [6.07, 6.45) is 3.74. The molecule has 3 aliphatic carbocycles. The molecule has 0 spiro atoms. The lowest BCUT2D eigenvalue weighted by Crippen LogP contribution is -2.52. The number of hydrogen-bond acceptors (Lipinski definition) is 5. The third-order valence-electron chi connectivity index (χ3n) is 9.23. The number of fused-ring (bicyclic) bond motifs is 1. The van der Waals surface area contributed by atoms with Crippen LogP contribution in [0.5, 0.6) is 0 Å². The second-order valence-electron chi connectivity index (χ2n) is 11.5. The molecule has 1 saturated heterocycles. The van der Waals surface area contributed by atoms with Crippen molar-refractivity contribution < 1.29 is 26.4 Å². The lowest BCUT2D eigenvalue weighted by molar-refractivity contribution is -0.184. The maximum absolute atomic E-state index is 13.4. The number of hydrogen-bond donors (Lipinski definition) is 3. The number of sulfone groups is 1. The van der Waals surface area contributed by atoms with Crippen molar-refractivity contribution >= 4 is 21.6 Å². The number of amides is 1. The highest BCUT2D eigenvalue weighted by molar-refractivity contribution is 7.92. The maximum atomic E-state index is 13.4. The number of carbonyl (C=O) groups is 1. The smallest absolute Gasteiger partial charge is 0.387 e. The Balaban J connectivity index is 1.46. The molecule has 0 radical (unpaired) electrons. The first-order valence-corrected chi connectivity index (χ1v) is 15.4. The van der Waals surface area contributed by atoms with Gasteiger partial charge in [-0.1, -0.05) is 25.7 Å². The van der Waals surface area contributed by atoms with E-state index >= 15 is 0 Å². The highest BCUT2D eigenvalue weighted by Crippen LogP contribution is 2.43. The number of likely N-dealkylation sites (tertiary alicyclic amines) is 1. The zero-order valence-electron chi connectivity index (χ0n) is 20.9. The zero-order valence-corrected chi connectivity index (χ0v) is 21.8. The van der Waals surface area contributed by atoms with Crippen LogP contribution < -0.4 is 11.1 Å². The molecule has 0 aromatic heterocycles. The van der Waals surface area contributed by atoms with Crippen LogP contribution in [0, 0.1) is 23.2 Å². The fourth-order valence-electron chi connectivity index (χ4n) is 7.14. The molecule has 1 amide bonds. The summed E-state index contributed by atoms with van der Waals surface area (Å²) < 4.78 is 66.1. The van der Waals surface area contributed by atoms with E-state index in [-0.39, 0.29) is 60.0 Å². The predicted molar refractivity (Wildman–Crippen MR) is 132 cm³/mol. The number of amidine groups is 1. The van der Waals surface area contributed by atoms with Gasteiger partial charge in [0.25, 0.3) is 0 Å². The largest absolute Gasteiger partial charge is 0.391 e. The molecule has 1 heterocycles. The second-order valence-corrected chi connectivity index (χ2v) is 13.9. The highest BCUT2D eigenvalue weighted by Gasteiger charge is 2.48. The molecule has 11 heteroatoms. The average Bonchev–Trinajstić information content (AvgIpc) is 3.21. The fraction of sp³-hybridized carbons (Fsp3) is 0.920. The molecule has 0 aromatic rings. The zero-order chi connectivity index (χ0) is 26.1. The summed E-state index contributed by atoms with van der Waals surface area (Å²) in [6.45, 7) is 0.235. The number of alkyl halides is 3. The van der Waals surface area contributed by atoms with Crippen LogP contribution in [0.2, 0.25) is 0 Å². The van der Waals surface area contributed by atoms with E-state index in [1.54, 1.807) is 0 Å². The molecule has 4 N–H and O–H groups in total. The summed E-state index contributed by atoms with van der Waals surface area (Å²) in [6, 6.07) is -1.11. The summed E-state index contributed by atoms with van der Waals surface area (Å²) in [5.74, 6) is -1.46. The minimum atomic E-state index is -4.26. The van der Waals surface area contributed by atoms with E-state index in [0.717, 1.165) is 32.1 Å². The Bertz CT molecular complexity index is 907. The Labute approximate surface area is 212 Å². The summed E-state index contributed by atoms with van der Waals surface area (Å²) in [4.78, 5) is 15.4. The number of nitrogens with one attached hydrogen (secondary N) is 2. The monoisotopic (exact) mass is 534 g/mol. The Morgan fingerprint density at radius 3 is 2.36 bits per heavy atom. The molecule has 6 unspecified atom stereocenters. The van der Waals surface area contributed by atoms with Gasteiger partial charge in [0.15, 0.2) is 9.84 Å². The summed E-state index contributed by atoms with van der Waals surface area (Å²) in [5.41, 5.74) is 5.80. The van der Waals surface area contributed by atoms with Crippen LogP contribution >= 0.6 is 0 Å². The van der Waals surface area contributed by atoms with E-state index in [4.69, 9.17) is 11.1 Å². The first-order chi connectivity index (χ1) is 17.0. The van der Waals surface area contributed by atoms with Gasteiger partial charge in [0.05, 0.1) is 28.8 Å². The van der Waals surface area contributed by atoms with Crippen molar-refractivity contribution in [1.82, 2.24) is 10.2 Å². The van der Waals surface area contributed by atoms with Crippen LogP contribution in [0.15, 0.2) is 0 Å². The average molecular weight is 535 g/mol. The molecule has 0 bridgehead atoms. The van der Waals surface area contributed by atoms with Gasteiger partial charge in [0, 0.05) is 24.5 Å². The molecule has 1 aliphatic heterocycles. The van der Waals surface area contributed by atoms with Crippen molar-refractivity contribution in [2.24, 2.45) is 23.5 Å². The number of rotatable bonds is 7. The standard InChI is InChI=1S/C25H41F3N4O3S/c26-25(27,28)18-5-4-6-19(15-18)31-24(33)22-13-16-9-10-17(23(29)30)14-21(16)32(22)11-12-36(34,35)20-7-2-1-3-8-20/h16-22H,1-15H2,(H3,29,30)(H,31,33). The predicted octanol–water partition coefficient (Wildman–Crippen LogP) is 3.77. The topological polar surface area (TPSA) is 116 Å². The van der Waals surface area contributed by atoms with Crippen molar-refractivity contribution in [2.45, 2.75) is 113 Å². The SMILES string of the molecule is N=C(N)C1CCC2CC(C(=O)NC3CCCC(C(F)(F)F)C3)N(CCS(=O)(=O)C3CCCCC3)C2C1. The van der Waals surface area contributed by atoms with Crippen molar-refractivity contribution in [2.75, 3.05) is 12.3 Å². The van der Waals surface area contributed by atoms with Crippen LogP contribution in [0.3, 0.4) is 0 Å². The normalized spacial score (nSPS) is 34.8. The van der Waals surface area contributed by atoms with Crippen LogP contribution in [-0.4, -0.2) is 66.9 Å². The Morgan fingerprint density at radius 1 is 0.972 bits per heavy atom. The molecule has 7 nitrogen and oxygen atoms in total. The molecule has 4 rings (SSSR count). The third-order valence-corrected chi connectivity index (χ3v) is 11.5. The van der Waals surface area contributed by atoms with Crippen molar-refractivity contribution in [3.8, 4) is 0 Å². The van der Waals surface area contributed by atoms with Crippen molar-refractivity contribution in [3.63, 3.8) is 0 Å². The molecule has 206 valence electrons. The van der Waals surface area contributed by atoms with Crippen LogP contribution in [0.4, 0.5) is 13.2 Å². The van der Waals surface area contributed by atoms with Gasteiger partial charge in [-0.25, -0.2) is 8.42 Å². The Kier molecular flexibility index (Phi) is 8.59. The van der Waals surface area contributed by atoms with Crippen LogP contribution in [-0.2, 0) is 14.6 Å². The molecule has 0 aromatic carbocycles. The van der Waals surface area contributed by atoms with E-state index in [9.17, 15) is 26.4 Å². The van der Waals surface area contributed by atoms with Crippen LogP contribution in [0.1, 0.15) is 83.5 Å². The molecular formula is C25H41F3N4O3S. The molecule has 4 fully saturated rings. The quantitative estimate of drug-likeness (QED) is 0.340. The van der Waals surface area contributed by atoms with Gasteiger partial charge in [0.1, 0.15) is 0 Å². The van der Waals surface area contributed by atoms with Crippen LogP contribution in [0.25, 0.3) is 0 Å². The summed E-state index contributed by atoms with van der Waals surface area (Å²) in [7, 11) is -3.30. The molecular weight excluding hydrogens is 493 g/mol. The lowest BCUT2D eigenvalue weighted by Gasteiger charge is -2.37. The number of carbonyl (C=O) groups excluding carboxylic acids is 1. The van der Waals surface area contributed by atoms with Gasteiger partial charge in [-0.05, 0) is 63.7 Å². The summed E-state index contributed by atoms with van der Waals surface area (Å²) in [5, 5.41) is 10.5. The number of halogens is 3. The number of nitrogens with two attached hydrogens (primary N) is 1. The van der Waals surface area contributed by atoms with Crippen molar-refractivity contribution in [3.05, 3.63) is 0 Å². The molecule has 6 atom stereocenters. The van der Waals surface area contributed by atoms with E-state index in [2.05, 4.69) is 5.32 Å². The molecule has 3 saturated carbocycles. The van der Waals surface area contributed by atoms with Gasteiger partial charge in [-0.3, -0.25) is 15.1 Å². The Hall–Kier alpha value is -1.36. The van der Waals surface area contributed by atoms with Crippen molar-refractivity contribution in [1.29, 1.82) is 5.41 Å². The maximum Gasteiger partial charge on any atom is 0.391 e. The third kappa shape index (κ3) is 6.37. The second kappa shape index (κ2) is 11.2. The lowest BCUT2D eigenvalue weighted by atomic mass is 9.78. The first-order valence-electron chi connectivity index (χ1n) is 13.6. The molecule has 4 aliphatic rings. The number of nitrogens with zero attached hydrogens (tertiary/aromatic N) is 1. The van der Waals surface area contributed by atoms with Gasteiger partial charge in [-0.15, -0.1) is 0 Å². The van der Waals surface area contributed by atoms with Gasteiger partial charge in [-0.2, -0.15) is 13.2 Å². The van der Waals surface area contributed by atoms with Gasteiger partial charge in [0.2, 0.25) is 5.91 Å². The van der Waals surface area contributed by atoms with Gasteiger partial charge >= 0.3 is 6.18 Å². The fourth-order valence-corrected chi connectivity index (χ4v) is 8.99. The first kappa shape index (κ1) is 27.7. The summed E-state index contributed by atoms with van der Waals surface area (Å²) >= 11 is 0. The van der Waals surface area contributed by atoms with E-state index < -0.39 is 34.0 Å². The van der Waals surface area contributed by atoms with Gasteiger partial charge < -0.3 is 11.1 Å². The Morgan fingerprint density at radius 2 is 1.69 bits per heavy atom. The van der Waals surface area contributed by atoms with E-state index in [1.165, 1.54) is 0 Å². The van der Waals surface area contributed by atoms with E-state index in [0.29, 0.717) is 38.5 Å². The molecule has 36 heavy (non-hydrogen) atoms.